The minimum absolute atomic E-state index is 0.0719. The van der Waals surface area contributed by atoms with E-state index in [9.17, 15) is 19.8 Å². The molecule has 3 bridgehead atoms. The van der Waals surface area contributed by atoms with Crippen LogP contribution in [0.2, 0.25) is 0 Å². The van der Waals surface area contributed by atoms with E-state index in [0.29, 0.717) is 36.7 Å². The van der Waals surface area contributed by atoms with Crippen molar-refractivity contribution in [2.24, 2.45) is 39.3 Å². The number of likely N-dealkylation sites (tertiary alicyclic amines) is 1. The molecule has 1 unspecified atom stereocenters. The van der Waals surface area contributed by atoms with Crippen molar-refractivity contribution in [1.82, 2.24) is 5.32 Å². The van der Waals surface area contributed by atoms with E-state index in [1.54, 1.807) is 0 Å². The molecule has 8 heteroatoms. The third kappa shape index (κ3) is 3.62. The van der Waals surface area contributed by atoms with Crippen LogP contribution in [0.5, 0.6) is 0 Å². The lowest BCUT2D eigenvalue weighted by Gasteiger charge is -2.61. The van der Waals surface area contributed by atoms with Crippen LogP contribution in [0.4, 0.5) is 0 Å². The average Bonchev–Trinajstić information content (AvgIpc) is 3.26. The van der Waals surface area contributed by atoms with Gasteiger partial charge in [0.25, 0.3) is 5.96 Å². The van der Waals surface area contributed by atoms with Crippen LogP contribution in [0.3, 0.4) is 0 Å². The van der Waals surface area contributed by atoms with Crippen LogP contribution < -0.4 is 21.1 Å². The number of aliphatic hydroxyl groups is 1. The SMILES string of the molecule is CNC[C@@H]1CC[NH+](C(N)=NC2CCCCC2)C[C@@]12[C@@H]1CC[C@H]3CCCCC(=O)[C@]4(O)C[C@@]32C(=C4C(=O)[O-])C1. The van der Waals surface area contributed by atoms with Crippen molar-refractivity contribution in [1.29, 1.82) is 0 Å². The number of quaternary nitrogens is 1. The second-order valence-electron chi connectivity index (χ2n) is 13.4. The van der Waals surface area contributed by atoms with Crippen molar-refractivity contribution < 1.29 is 24.7 Å². The summed E-state index contributed by atoms with van der Waals surface area (Å²) in [6, 6.07) is 0.305. The van der Waals surface area contributed by atoms with Gasteiger partial charge in [-0.2, -0.15) is 0 Å². The fourth-order valence-electron chi connectivity index (χ4n) is 10.6. The van der Waals surface area contributed by atoms with Crippen LogP contribution in [0, 0.1) is 28.6 Å². The van der Waals surface area contributed by atoms with Gasteiger partial charge in [0.1, 0.15) is 0 Å². The number of piperidine rings is 1. The van der Waals surface area contributed by atoms with Gasteiger partial charge in [0.15, 0.2) is 11.4 Å². The number of rotatable bonds is 4. The topological polar surface area (TPSA) is 132 Å². The summed E-state index contributed by atoms with van der Waals surface area (Å²) in [7, 11) is 2.00. The molecule has 1 heterocycles. The Labute approximate surface area is 226 Å². The standard InChI is InChI=1S/C30H46N4O4/c1-32-16-21-13-14-34(27(31)33-22-8-3-2-4-9-22)18-29(21)20-12-11-19-7-5-6-10-24(35)30(38)17-28(19,29)23(15-20)25(30)26(36)37/h19-22,32,38H,2-18H2,1H3,(H2,31,33)(H,36,37)/t19-,20-,21+,28+,29-,30-/m1/s1. The molecule has 38 heavy (non-hydrogen) atoms. The van der Waals surface area contributed by atoms with Gasteiger partial charge in [0, 0.05) is 29.2 Å². The second-order valence-corrected chi connectivity index (χ2v) is 13.4. The normalized spacial score (nSPS) is 43.7. The molecule has 1 saturated heterocycles. The van der Waals surface area contributed by atoms with E-state index in [2.05, 4.69) is 5.32 Å². The summed E-state index contributed by atoms with van der Waals surface area (Å²) < 4.78 is 0. The molecule has 5 N–H and O–H groups in total. The number of hydrogen-bond donors (Lipinski definition) is 4. The first kappa shape index (κ1) is 26.5. The summed E-state index contributed by atoms with van der Waals surface area (Å²) in [4.78, 5) is 32.5. The molecule has 1 aliphatic heterocycles. The zero-order chi connectivity index (χ0) is 26.7. The summed E-state index contributed by atoms with van der Waals surface area (Å²) >= 11 is 0. The molecule has 5 fully saturated rings. The monoisotopic (exact) mass is 526 g/mol. The number of guanidine groups is 1. The Morgan fingerprint density at radius 3 is 2.58 bits per heavy atom. The summed E-state index contributed by atoms with van der Waals surface area (Å²) in [5.41, 5.74) is 4.91. The molecule has 0 radical (unpaired) electrons. The third-order valence-corrected chi connectivity index (χ3v) is 12.0. The lowest BCUT2D eigenvalue weighted by molar-refractivity contribution is -0.829. The first-order valence-corrected chi connectivity index (χ1v) is 15.3. The van der Waals surface area contributed by atoms with Crippen LogP contribution in [-0.2, 0) is 9.59 Å². The fourth-order valence-corrected chi connectivity index (χ4v) is 10.6. The van der Waals surface area contributed by atoms with Crippen LogP contribution >= 0.6 is 0 Å². The molecule has 0 aromatic rings. The first-order valence-electron chi connectivity index (χ1n) is 15.3. The van der Waals surface area contributed by atoms with E-state index in [1.165, 1.54) is 24.2 Å². The smallest absolute Gasteiger partial charge is 0.293 e. The van der Waals surface area contributed by atoms with Crippen molar-refractivity contribution in [3.63, 3.8) is 0 Å². The van der Waals surface area contributed by atoms with Crippen molar-refractivity contribution >= 4 is 17.7 Å². The highest BCUT2D eigenvalue weighted by atomic mass is 16.4. The van der Waals surface area contributed by atoms with Crippen LogP contribution in [0.25, 0.3) is 0 Å². The number of allylic oxidation sites excluding steroid dienone is 1. The molecular weight excluding hydrogens is 480 g/mol. The highest BCUT2D eigenvalue weighted by Crippen LogP contribution is 2.77. The number of ketones is 1. The Balaban J connectivity index is 1.50. The zero-order valence-electron chi connectivity index (χ0n) is 23.0. The predicted octanol–water partition coefficient (Wildman–Crippen LogP) is 0.485. The number of carbonyl (C=O) groups is 2. The van der Waals surface area contributed by atoms with Crippen molar-refractivity contribution in [3.05, 3.63) is 11.1 Å². The quantitative estimate of drug-likeness (QED) is 0.311. The molecule has 6 rings (SSSR count). The van der Waals surface area contributed by atoms with Gasteiger partial charge in [0.2, 0.25) is 0 Å². The largest absolute Gasteiger partial charge is 0.545 e. The maximum absolute atomic E-state index is 13.5. The van der Waals surface area contributed by atoms with Gasteiger partial charge < -0.3 is 26.1 Å². The molecule has 8 nitrogen and oxygen atoms in total. The van der Waals surface area contributed by atoms with Crippen molar-refractivity contribution in [2.45, 2.75) is 102 Å². The van der Waals surface area contributed by atoms with Gasteiger partial charge in [-0.15, -0.1) is 0 Å². The summed E-state index contributed by atoms with van der Waals surface area (Å²) in [6.45, 7) is 2.56. The Morgan fingerprint density at radius 2 is 1.84 bits per heavy atom. The number of carbonyl (C=O) groups excluding carboxylic acids is 2. The number of fused-ring (bicyclic) bond motifs is 1. The number of nitrogens with one attached hydrogen (secondary N) is 2. The molecular formula is C30H46N4O4. The molecule has 0 aromatic carbocycles. The molecule has 4 saturated carbocycles. The van der Waals surface area contributed by atoms with Crippen molar-refractivity contribution in [3.8, 4) is 0 Å². The van der Waals surface area contributed by atoms with E-state index in [1.807, 2.05) is 7.05 Å². The van der Waals surface area contributed by atoms with E-state index >= 15 is 0 Å². The van der Waals surface area contributed by atoms with Gasteiger partial charge in [0.05, 0.1) is 25.1 Å². The Morgan fingerprint density at radius 1 is 1.11 bits per heavy atom. The number of carboxylic acid groups (broad SMARTS) is 1. The average molecular weight is 527 g/mol. The molecule has 0 amide bonds. The van der Waals surface area contributed by atoms with E-state index in [4.69, 9.17) is 10.7 Å². The zero-order valence-corrected chi connectivity index (χ0v) is 23.0. The number of nitrogens with zero attached hydrogens (tertiary/aromatic N) is 1. The molecule has 0 aromatic heterocycles. The minimum Gasteiger partial charge on any atom is -0.545 e. The van der Waals surface area contributed by atoms with Crippen molar-refractivity contribution in [2.75, 3.05) is 26.7 Å². The minimum atomic E-state index is -1.93. The van der Waals surface area contributed by atoms with Gasteiger partial charge in [-0.05, 0) is 82.7 Å². The fraction of sp³-hybridized carbons (Fsp3) is 0.833. The van der Waals surface area contributed by atoms with Crippen LogP contribution in [0.15, 0.2) is 16.1 Å². The molecule has 7 atom stereocenters. The number of aliphatic imine (C=N–C) groups is 1. The number of carboxylic acids is 1. The predicted molar refractivity (Wildman–Crippen MR) is 142 cm³/mol. The Kier molecular flexibility index (Phi) is 6.75. The Bertz CT molecular complexity index is 1050. The summed E-state index contributed by atoms with van der Waals surface area (Å²) in [5, 5.41) is 28.2. The molecule has 2 spiro atoms. The number of nitrogens with two attached hydrogens (primary N) is 1. The Hall–Kier alpha value is -1.77. The van der Waals surface area contributed by atoms with Gasteiger partial charge in [-0.3, -0.25) is 9.69 Å². The number of hydrogen-bond acceptors (Lipinski definition) is 6. The van der Waals surface area contributed by atoms with Gasteiger partial charge in [-0.25, -0.2) is 4.99 Å². The van der Waals surface area contributed by atoms with Gasteiger partial charge >= 0.3 is 0 Å². The highest BCUT2D eigenvalue weighted by Gasteiger charge is 2.77. The maximum Gasteiger partial charge on any atom is 0.293 e. The van der Waals surface area contributed by atoms with Crippen LogP contribution in [-0.4, -0.2) is 61.1 Å². The maximum atomic E-state index is 13.5. The van der Waals surface area contributed by atoms with E-state index in [-0.39, 0.29) is 35.5 Å². The number of Topliss-reactive ketones (excluding diaryl/α,β-unsaturated/α-hetero) is 1. The second kappa shape index (κ2) is 9.70. The first-order chi connectivity index (χ1) is 18.3. The van der Waals surface area contributed by atoms with E-state index < -0.39 is 17.0 Å². The molecule has 5 aliphatic carbocycles. The molecule has 6 aliphatic rings. The summed E-state index contributed by atoms with van der Waals surface area (Å²) in [6.07, 6.45) is 12.7. The van der Waals surface area contributed by atoms with E-state index in [0.717, 1.165) is 70.2 Å². The van der Waals surface area contributed by atoms with Crippen LogP contribution in [0.1, 0.15) is 89.9 Å². The molecule has 210 valence electrons. The highest BCUT2D eigenvalue weighted by molar-refractivity contribution is 6.03. The summed E-state index contributed by atoms with van der Waals surface area (Å²) in [5.74, 6) is -0.0604. The lowest BCUT2D eigenvalue weighted by atomic mass is 9.44. The lowest BCUT2D eigenvalue weighted by Crippen LogP contribution is -3.19. The third-order valence-electron chi connectivity index (χ3n) is 12.0. The number of aliphatic carboxylic acids is 1. The van der Waals surface area contributed by atoms with Gasteiger partial charge in [-0.1, -0.05) is 31.3 Å².